The van der Waals surface area contributed by atoms with Crippen molar-refractivity contribution in [3.8, 4) is 0 Å². The Labute approximate surface area is 97.8 Å². The van der Waals surface area contributed by atoms with Gasteiger partial charge in [-0.15, -0.1) is 0 Å². The Morgan fingerprint density at radius 2 is 2.21 bits per heavy atom. The first kappa shape index (κ1) is 11.8. The summed E-state index contributed by atoms with van der Waals surface area (Å²) in [5, 5.41) is -0.905. The van der Waals surface area contributed by atoms with E-state index in [0.29, 0.717) is 9.26 Å². The third-order valence-corrected chi connectivity index (χ3v) is 2.57. The number of carbonyl (C=O) groups is 1. The maximum atomic E-state index is 12.5. The first-order valence-electron chi connectivity index (χ1n) is 3.58. The predicted octanol–water partition coefficient (Wildman–Crippen LogP) is 3.31. The summed E-state index contributed by atoms with van der Waals surface area (Å²) in [6, 6.07) is 1.53. The lowest BCUT2D eigenvalue weighted by Crippen LogP contribution is -2.06. The lowest BCUT2D eigenvalue weighted by atomic mass is 10.2. The molecule has 0 fully saturated rings. The van der Waals surface area contributed by atoms with Gasteiger partial charge in [-0.1, -0.05) is 0 Å². The summed E-state index contributed by atoms with van der Waals surface area (Å²) >= 11 is 6.97. The molecule has 2 nitrogen and oxygen atoms in total. The maximum absolute atomic E-state index is 12.5. The van der Waals surface area contributed by atoms with Gasteiger partial charge in [0.25, 0.3) is 11.7 Å². The summed E-state index contributed by atoms with van der Waals surface area (Å²) in [7, 11) is 0. The Morgan fingerprint density at radius 3 is 2.64 bits per heavy atom. The summed E-state index contributed by atoms with van der Waals surface area (Å²) in [5.41, 5.74) is -0.311. The molecule has 0 bridgehead atoms. The van der Waals surface area contributed by atoms with E-state index >= 15 is 0 Å². The van der Waals surface area contributed by atoms with Crippen LogP contribution in [-0.2, 0) is 0 Å². The largest absolute Gasteiger partial charge is 0.281 e. The van der Waals surface area contributed by atoms with E-state index in [2.05, 4.69) is 4.98 Å². The number of nitrogens with zero attached hydrogens (tertiary/aromatic N) is 1. The van der Waals surface area contributed by atoms with Crippen LogP contribution in [0.4, 0.5) is 8.78 Å². The van der Waals surface area contributed by atoms with Crippen molar-refractivity contribution in [3.63, 3.8) is 0 Å². The number of aryl methyl sites for hydroxylation is 1. The highest BCUT2D eigenvalue weighted by atomic mass is 127. The van der Waals surface area contributed by atoms with Crippen molar-refractivity contribution >= 4 is 39.4 Å². The number of pyridine rings is 1. The second-order valence-electron chi connectivity index (χ2n) is 2.58. The second-order valence-corrected chi connectivity index (χ2v) is 4.09. The van der Waals surface area contributed by atoms with Gasteiger partial charge in [0.1, 0.15) is 5.69 Å². The van der Waals surface area contributed by atoms with E-state index in [1.54, 1.807) is 29.5 Å². The molecule has 0 saturated carbocycles. The van der Waals surface area contributed by atoms with E-state index in [1.165, 1.54) is 6.07 Å². The summed E-state index contributed by atoms with van der Waals surface area (Å²) in [6.45, 7) is 1.58. The first-order valence-corrected chi connectivity index (χ1v) is 5.04. The van der Waals surface area contributed by atoms with Crippen molar-refractivity contribution in [2.45, 2.75) is 13.3 Å². The molecule has 1 rings (SSSR count). The number of rotatable bonds is 2. The van der Waals surface area contributed by atoms with Gasteiger partial charge in [0.2, 0.25) is 0 Å². The van der Waals surface area contributed by atoms with E-state index in [1.807, 2.05) is 0 Å². The van der Waals surface area contributed by atoms with Crippen LogP contribution < -0.4 is 0 Å². The molecule has 0 spiro atoms. The lowest BCUT2D eigenvalue weighted by Gasteiger charge is -2.07. The highest BCUT2D eigenvalue weighted by Gasteiger charge is 2.22. The van der Waals surface area contributed by atoms with Gasteiger partial charge in [0.05, 0.1) is 5.56 Å². The van der Waals surface area contributed by atoms with Gasteiger partial charge < -0.3 is 0 Å². The molecular weight excluding hydrogens is 326 g/mol. The fourth-order valence-corrected chi connectivity index (χ4v) is 2.34. The number of aromatic nitrogens is 1. The van der Waals surface area contributed by atoms with E-state index < -0.39 is 17.4 Å². The molecule has 0 atom stereocenters. The average molecular weight is 331 g/mol. The molecule has 0 aliphatic carbocycles. The monoisotopic (exact) mass is 331 g/mol. The molecule has 6 heteroatoms. The zero-order valence-electron chi connectivity index (χ0n) is 7.02. The Bertz CT molecular complexity index is 384. The normalized spacial score (nSPS) is 10.7. The first-order chi connectivity index (χ1) is 6.43. The van der Waals surface area contributed by atoms with Gasteiger partial charge in [-0.2, -0.15) is 0 Å². The number of alkyl halides is 2. The van der Waals surface area contributed by atoms with Gasteiger partial charge in [-0.25, -0.2) is 8.78 Å². The minimum absolute atomic E-state index is 0.201. The average Bonchev–Trinajstić information content (AvgIpc) is 2.01. The highest BCUT2D eigenvalue weighted by Crippen LogP contribution is 2.26. The minimum Gasteiger partial charge on any atom is -0.275 e. The van der Waals surface area contributed by atoms with Crippen LogP contribution >= 0.6 is 34.2 Å². The molecule has 1 aromatic heterocycles. The molecule has 0 amide bonds. The third-order valence-electron chi connectivity index (χ3n) is 1.53. The topological polar surface area (TPSA) is 30.0 Å². The molecule has 1 aromatic rings. The van der Waals surface area contributed by atoms with Crippen molar-refractivity contribution in [1.82, 2.24) is 4.98 Å². The highest BCUT2D eigenvalue weighted by molar-refractivity contribution is 14.1. The third kappa shape index (κ3) is 2.38. The van der Waals surface area contributed by atoms with Crippen LogP contribution in [0.3, 0.4) is 0 Å². The molecule has 0 saturated heterocycles. The van der Waals surface area contributed by atoms with E-state index in [9.17, 15) is 13.6 Å². The maximum Gasteiger partial charge on any atom is 0.281 e. The molecule has 1 heterocycles. The zero-order chi connectivity index (χ0) is 10.9. The molecule has 14 heavy (non-hydrogen) atoms. The molecule has 0 aromatic carbocycles. The van der Waals surface area contributed by atoms with Crippen LogP contribution in [-0.4, -0.2) is 10.2 Å². The Hall–Kier alpha value is -0.300. The van der Waals surface area contributed by atoms with E-state index in [4.69, 9.17) is 11.6 Å². The summed E-state index contributed by atoms with van der Waals surface area (Å²) in [6.07, 6.45) is -2.79. The SMILES string of the molecule is Cc1cc(I)c(C(=O)Cl)c(C(F)F)n1. The Kier molecular flexibility index (Phi) is 3.77. The van der Waals surface area contributed by atoms with Gasteiger partial charge >= 0.3 is 0 Å². The minimum atomic E-state index is -2.79. The molecule has 0 radical (unpaired) electrons. The second kappa shape index (κ2) is 4.48. The van der Waals surface area contributed by atoms with Crippen molar-refractivity contribution in [1.29, 1.82) is 0 Å². The molecule has 76 valence electrons. The Morgan fingerprint density at radius 1 is 1.64 bits per heavy atom. The molecular formula is C8H5ClF2INO. The number of carbonyl (C=O) groups excluding carboxylic acids is 1. The number of hydrogen-bond donors (Lipinski definition) is 0. The van der Waals surface area contributed by atoms with Crippen LogP contribution in [0.5, 0.6) is 0 Å². The van der Waals surface area contributed by atoms with Gasteiger partial charge in [-0.05, 0) is 47.2 Å². The Balaban J connectivity index is 3.44. The fourth-order valence-electron chi connectivity index (χ4n) is 1.01. The van der Waals surface area contributed by atoms with Gasteiger partial charge in [0, 0.05) is 9.26 Å². The number of halogens is 4. The van der Waals surface area contributed by atoms with Crippen LogP contribution in [0.15, 0.2) is 6.07 Å². The van der Waals surface area contributed by atoms with Crippen LogP contribution in [0, 0.1) is 10.5 Å². The molecule has 0 aliphatic heterocycles. The predicted molar refractivity (Wildman–Crippen MR) is 56.8 cm³/mol. The summed E-state index contributed by atoms with van der Waals surface area (Å²) in [5.74, 6) is 0. The van der Waals surface area contributed by atoms with Crippen molar-refractivity contribution in [3.05, 3.63) is 26.6 Å². The van der Waals surface area contributed by atoms with Crippen molar-refractivity contribution in [2.75, 3.05) is 0 Å². The quantitative estimate of drug-likeness (QED) is 0.615. The summed E-state index contributed by atoms with van der Waals surface area (Å²) in [4.78, 5) is 14.5. The number of hydrogen-bond acceptors (Lipinski definition) is 2. The standard InChI is InChI=1S/C8H5ClF2INO/c1-3-2-4(12)5(7(9)14)6(13-3)8(10)11/h2,8H,1H3. The molecule has 0 N–H and O–H groups in total. The molecule has 0 unspecified atom stereocenters. The van der Waals surface area contributed by atoms with Crippen LogP contribution in [0.2, 0.25) is 0 Å². The lowest BCUT2D eigenvalue weighted by molar-refractivity contribution is 0.106. The summed E-state index contributed by atoms with van der Waals surface area (Å²) < 4.78 is 25.3. The van der Waals surface area contributed by atoms with Crippen molar-refractivity contribution in [2.24, 2.45) is 0 Å². The smallest absolute Gasteiger partial charge is 0.275 e. The van der Waals surface area contributed by atoms with Crippen molar-refractivity contribution < 1.29 is 13.6 Å². The van der Waals surface area contributed by atoms with E-state index in [-0.39, 0.29) is 5.56 Å². The van der Waals surface area contributed by atoms with Crippen LogP contribution in [0.1, 0.15) is 28.2 Å². The van der Waals surface area contributed by atoms with E-state index in [0.717, 1.165) is 0 Å². The zero-order valence-corrected chi connectivity index (χ0v) is 9.94. The molecule has 0 aliphatic rings. The van der Waals surface area contributed by atoms with Crippen LogP contribution in [0.25, 0.3) is 0 Å². The van der Waals surface area contributed by atoms with Gasteiger partial charge in [-0.3, -0.25) is 9.78 Å². The fraction of sp³-hybridized carbons (Fsp3) is 0.250. The van der Waals surface area contributed by atoms with Gasteiger partial charge in [0.15, 0.2) is 0 Å².